The van der Waals surface area contributed by atoms with Gasteiger partial charge in [-0.2, -0.15) is 10.4 Å². The average molecular weight is 359 g/mol. The normalized spacial score (nSPS) is 10.8. The lowest BCUT2D eigenvalue weighted by Crippen LogP contribution is -2.20. The van der Waals surface area contributed by atoms with Crippen molar-refractivity contribution >= 4 is 27.9 Å². The van der Waals surface area contributed by atoms with Gasteiger partial charge in [0.1, 0.15) is 11.7 Å². The van der Waals surface area contributed by atoms with Gasteiger partial charge in [0.05, 0.1) is 28.4 Å². The van der Waals surface area contributed by atoms with E-state index in [0.29, 0.717) is 22.2 Å². The van der Waals surface area contributed by atoms with Gasteiger partial charge in [-0.05, 0) is 30.3 Å². The van der Waals surface area contributed by atoms with Crippen molar-refractivity contribution in [3.8, 4) is 11.8 Å². The van der Waals surface area contributed by atoms with Gasteiger partial charge in [-0.25, -0.2) is 9.78 Å². The number of benzene rings is 1. The second kappa shape index (κ2) is 6.38. The monoisotopic (exact) mass is 359 g/mol. The minimum atomic E-state index is -0.633. The van der Waals surface area contributed by atoms with Crippen LogP contribution in [0.1, 0.15) is 10.4 Å². The first-order valence-corrected chi connectivity index (χ1v) is 8.08. The zero-order valence-electron chi connectivity index (χ0n) is 14.3. The Kier molecular flexibility index (Phi) is 3.90. The minimum Gasteiger partial charge on any atom is -0.447 e. The molecule has 0 radical (unpaired) electrons. The maximum Gasteiger partial charge on any atom is 0.339 e. The van der Waals surface area contributed by atoms with Crippen molar-refractivity contribution in [2.75, 3.05) is 6.61 Å². The number of rotatable bonds is 3. The molecule has 0 N–H and O–H groups in total. The molecular formula is C19H13N5O3. The Labute approximate surface area is 152 Å². The van der Waals surface area contributed by atoms with E-state index in [-0.39, 0.29) is 17.7 Å². The third-order valence-corrected chi connectivity index (χ3v) is 4.23. The zero-order chi connectivity index (χ0) is 19.0. The molecule has 3 heterocycles. The molecule has 0 unspecified atom stereocenters. The van der Waals surface area contributed by atoms with Crippen LogP contribution in [0, 0.1) is 11.3 Å². The van der Waals surface area contributed by atoms with Crippen molar-refractivity contribution < 1.29 is 9.53 Å². The van der Waals surface area contributed by atoms with Crippen LogP contribution in [0.4, 0.5) is 0 Å². The number of pyridine rings is 2. The largest absolute Gasteiger partial charge is 0.447 e. The van der Waals surface area contributed by atoms with E-state index in [1.54, 1.807) is 48.3 Å². The molecule has 0 fully saturated rings. The van der Waals surface area contributed by atoms with Crippen LogP contribution in [0.5, 0.6) is 0 Å². The molecule has 3 aromatic heterocycles. The molecule has 8 heteroatoms. The number of carbonyl (C=O) groups is 1. The molecule has 27 heavy (non-hydrogen) atoms. The fourth-order valence-electron chi connectivity index (χ4n) is 3.08. The van der Waals surface area contributed by atoms with Crippen molar-refractivity contribution in [2.24, 2.45) is 7.05 Å². The number of esters is 1. The second-order valence-electron chi connectivity index (χ2n) is 5.83. The quantitative estimate of drug-likeness (QED) is 0.518. The van der Waals surface area contributed by atoms with E-state index in [1.165, 1.54) is 16.8 Å². The summed E-state index contributed by atoms with van der Waals surface area (Å²) >= 11 is 0. The zero-order valence-corrected chi connectivity index (χ0v) is 14.3. The lowest BCUT2D eigenvalue weighted by Gasteiger charge is -2.12. The van der Waals surface area contributed by atoms with Crippen molar-refractivity contribution in [2.45, 2.75) is 0 Å². The minimum absolute atomic E-state index is 0.241. The number of nitriles is 1. The van der Waals surface area contributed by atoms with E-state index in [2.05, 4.69) is 10.1 Å². The molecular weight excluding hydrogens is 346 g/mol. The van der Waals surface area contributed by atoms with E-state index < -0.39 is 5.97 Å². The molecule has 0 aliphatic heterocycles. The van der Waals surface area contributed by atoms with Gasteiger partial charge in [-0.3, -0.25) is 14.0 Å². The number of nitrogens with zero attached hydrogens (tertiary/aromatic N) is 5. The van der Waals surface area contributed by atoms with E-state index in [1.807, 2.05) is 6.07 Å². The highest BCUT2D eigenvalue weighted by Crippen LogP contribution is 2.23. The van der Waals surface area contributed by atoms with Gasteiger partial charge in [-0.1, -0.05) is 6.07 Å². The van der Waals surface area contributed by atoms with E-state index in [9.17, 15) is 9.59 Å². The summed E-state index contributed by atoms with van der Waals surface area (Å²) in [6.45, 7) is -0.338. The van der Waals surface area contributed by atoms with Gasteiger partial charge in [0.25, 0.3) is 5.56 Å². The molecule has 1 aromatic carbocycles. The summed E-state index contributed by atoms with van der Waals surface area (Å²) in [5, 5.41) is 14.0. The number of aromatic nitrogens is 4. The number of hydrogen-bond acceptors (Lipinski definition) is 6. The third-order valence-electron chi connectivity index (χ3n) is 4.23. The maximum absolute atomic E-state index is 13.1. The number of aryl methyl sites for hydroxylation is 1. The number of fused-ring (bicyclic) bond motifs is 3. The van der Waals surface area contributed by atoms with Crippen molar-refractivity contribution in [1.82, 2.24) is 19.3 Å². The highest BCUT2D eigenvalue weighted by molar-refractivity contribution is 6.02. The van der Waals surface area contributed by atoms with Crippen LogP contribution in [0.25, 0.3) is 27.6 Å². The molecule has 4 rings (SSSR count). The Hall–Kier alpha value is -3.99. The van der Waals surface area contributed by atoms with Crippen LogP contribution < -0.4 is 5.56 Å². The predicted octanol–water partition coefficient (Wildman–Crippen LogP) is 1.95. The molecule has 0 amide bonds. The highest BCUT2D eigenvalue weighted by atomic mass is 16.5. The first-order valence-electron chi connectivity index (χ1n) is 8.08. The fraction of sp³-hybridized carbons (Fsp3) is 0.105. The summed E-state index contributed by atoms with van der Waals surface area (Å²) in [6.07, 6.45) is 3.12. The van der Waals surface area contributed by atoms with Crippen molar-refractivity contribution in [3.63, 3.8) is 0 Å². The third kappa shape index (κ3) is 2.62. The van der Waals surface area contributed by atoms with Crippen molar-refractivity contribution in [1.29, 1.82) is 5.26 Å². The summed E-state index contributed by atoms with van der Waals surface area (Å²) in [5.41, 5.74) is 1.59. The Balaban J connectivity index is 2.00. The topological polar surface area (TPSA) is 103 Å². The number of carbonyl (C=O) groups excluding carboxylic acids is 1. The van der Waals surface area contributed by atoms with Gasteiger partial charge in [0.15, 0.2) is 6.61 Å². The summed E-state index contributed by atoms with van der Waals surface area (Å²) in [7, 11) is 1.77. The Morgan fingerprint density at radius 3 is 2.93 bits per heavy atom. The molecule has 0 bridgehead atoms. The molecule has 0 saturated carbocycles. The molecule has 8 nitrogen and oxygen atoms in total. The van der Waals surface area contributed by atoms with Crippen LogP contribution in [0.15, 0.2) is 53.6 Å². The van der Waals surface area contributed by atoms with Crippen molar-refractivity contribution in [3.05, 3.63) is 64.7 Å². The number of ether oxygens (including phenoxy) is 1. The first kappa shape index (κ1) is 16.5. The fourth-order valence-corrected chi connectivity index (χ4v) is 3.08. The van der Waals surface area contributed by atoms with Gasteiger partial charge in [0, 0.05) is 18.6 Å². The van der Waals surface area contributed by atoms with Crippen LogP contribution in [0.3, 0.4) is 0 Å². The highest BCUT2D eigenvalue weighted by Gasteiger charge is 2.17. The van der Waals surface area contributed by atoms with Crippen LogP contribution in [0.2, 0.25) is 0 Å². The predicted molar refractivity (Wildman–Crippen MR) is 97.5 cm³/mol. The van der Waals surface area contributed by atoms with Gasteiger partial charge >= 0.3 is 5.97 Å². The maximum atomic E-state index is 13.1. The Bertz CT molecular complexity index is 1300. The average Bonchev–Trinajstić information content (AvgIpc) is 3.09. The van der Waals surface area contributed by atoms with Gasteiger partial charge in [-0.15, -0.1) is 0 Å². The lowest BCUT2D eigenvalue weighted by molar-refractivity contribution is 0.0555. The Morgan fingerprint density at radius 1 is 1.26 bits per heavy atom. The van der Waals surface area contributed by atoms with E-state index >= 15 is 0 Å². The summed E-state index contributed by atoms with van der Waals surface area (Å²) in [5.74, 6) is -0.633. The van der Waals surface area contributed by atoms with Crippen LogP contribution in [-0.4, -0.2) is 31.9 Å². The van der Waals surface area contributed by atoms with E-state index in [0.717, 1.165) is 5.39 Å². The molecule has 4 aromatic rings. The molecule has 0 atom stereocenters. The first-order chi connectivity index (χ1) is 13.1. The lowest BCUT2D eigenvalue weighted by atomic mass is 10.1. The summed E-state index contributed by atoms with van der Waals surface area (Å²) in [6, 6.07) is 11.9. The summed E-state index contributed by atoms with van der Waals surface area (Å²) < 4.78 is 7.93. The van der Waals surface area contributed by atoms with Crippen LogP contribution >= 0.6 is 0 Å². The van der Waals surface area contributed by atoms with E-state index in [4.69, 9.17) is 10.00 Å². The van der Waals surface area contributed by atoms with Crippen LogP contribution in [-0.2, 0) is 11.8 Å². The molecule has 0 aliphatic carbocycles. The molecule has 132 valence electrons. The second-order valence-corrected chi connectivity index (χ2v) is 5.83. The number of hydrogen-bond donors (Lipinski definition) is 0. The Morgan fingerprint density at radius 2 is 2.11 bits per heavy atom. The summed E-state index contributed by atoms with van der Waals surface area (Å²) in [4.78, 5) is 29.6. The smallest absolute Gasteiger partial charge is 0.339 e. The van der Waals surface area contributed by atoms with Gasteiger partial charge < -0.3 is 4.74 Å². The molecule has 0 spiro atoms. The molecule has 0 aliphatic rings. The molecule has 0 saturated heterocycles. The van der Waals surface area contributed by atoms with Gasteiger partial charge in [0.2, 0.25) is 0 Å². The standard InChI is InChI=1S/C19H13N5O3/c1-23-16-14-6-3-8-21-17(14)24(18(25)15(16)11-22-23)13-5-2-4-12(10-13)19(26)27-9-7-20/h2-6,8,10-11H,9H2,1H3. The SMILES string of the molecule is Cn1ncc2c(=O)n(-c3cccc(C(=O)OCC#N)c3)c3ncccc3c21.